The smallest absolute Gasteiger partial charge is 0.255 e. The van der Waals surface area contributed by atoms with Crippen LogP contribution in [-0.4, -0.2) is 22.4 Å². The van der Waals surface area contributed by atoms with Crippen LogP contribution in [0.5, 0.6) is 5.75 Å². The van der Waals surface area contributed by atoms with E-state index < -0.39 is 17.4 Å². The lowest BCUT2D eigenvalue weighted by atomic mass is 9.86. The molecule has 2 aromatic carbocycles. The zero-order chi connectivity index (χ0) is 21.0. The molecule has 1 heterocycles. The van der Waals surface area contributed by atoms with Gasteiger partial charge in [0.1, 0.15) is 6.04 Å². The van der Waals surface area contributed by atoms with Crippen LogP contribution < -0.4 is 10.6 Å². The lowest BCUT2D eigenvalue weighted by molar-refractivity contribution is -0.105. The minimum Gasteiger partial charge on any atom is -0.505 e. The molecule has 1 atom stereocenters. The van der Waals surface area contributed by atoms with Crippen LogP contribution in [-0.2, 0) is 4.79 Å². The number of carbonyl (C=O) groups excluding carboxylic acids is 2. The lowest BCUT2D eigenvalue weighted by Crippen LogP contribution is -2.37. The number of benzene rings is 2. The summed E-state index contributed by atoms with van der Waals surface area (Å²) in [5.41, 5.74) is 0.668. The van der Waals surface area contributed by atoms with E-state index >= 15 is 0 Å². The number of anilines is 1. The fraction of sp³-hybridized carbons (Fsp3) is 0.227. The third-order valence-corrected chi connectivity index (χ3v) is 4.47. The van der Waals surface area contributed by atoms with Crippen molar-refractivity contribution in [3.8, 4) is 17.1 Å². The van der Waals surface area contributed by atoms with E-state index in [1.54, 1.807) is 12.3 Å². The standard InChI is InChI=1S/C22H23N3O4/c1-22(2,3)19(21-23-12-17(29-21)14-8-5-4-6-9-14)25-20(28)15-10-7-11-16(18(15)27)24-13-26/h4-13,19,27H,1-3H3,(H,24,26)(H,25,28). The van der Waals surface area contributed by atoms with Gasteiger partial charge in [0.05, 0.1) is 17.4 Å². The molecule has 1 unspecified atom stereocenters. The number of nitrogens with one attached hydrogen (secondary N) is 2. The van der Waals surface area contributed by atoms with Crippen molar-refractivity contribution in [1.29, 1.82) is 0 Å². The van der Waals surface area contributed by atoms with E-state index in [1.807, 2.05) is 51.1 Å². The summed E-state index contributed by atoms with van der Waals surface area (Å²) in [7, 11) is 0. The molecule has 0 saturated heterocycles. The quantitative estimate of drug-likeness (QED) is 0.431. The molecule has 0 spiro atoms. The Bertz CT molecular complexity index is 1010. The summed E-state index contributed by atoms with van der Waals surface area (Å²) in [5.74, 6) is 0.161. The fourth-order valence-electron chi connectivity index (χ4n) is 2.92. The second-order valence-corrected chi connectivity index (χ2v) is 7.67. The number of hydrogen-bond donors (Lipinski definition) is 3. The number of aromatic nitrogens is 1. The van der Waals surface area contributed by atoms with Crippen molar-refractivity contribution in [1.82, 2.24) is 10.3 Å². The number of oxazole rings is 1. The predicted octanol–water partition coefficient (Wildman–Crippen LogP) is 4.13. The Morgan fingerprint density at radius 1 is 1.14 bits per heavy atom. The number of phenolic OH excluding ortho intramolecular Hbond substituents is 1. The molecule has 3 rings (SSSR count). The van der Waals surface area contributed by atoms with Gasteiger partial charge in [0.2, 0.25) is 12.3 Å². The van der Waals surface area contributed by atoms with Gasteiger partial charge in [-0.25, -0.2) is 4.98 Å². The number of phenols is 1. The fourth-order valence-corrected chi connectivity index (χ4v) is 2.92. The molecule has 150 valence electrons. The highest BCUT2D eigenvalue weighted by Gasteiger charge is 2.33. The molecule has 0 aliphatic rings. The van der Waals surface area contributed by atoms with Gasteiger partial charge in [-0.05, 0) is 17.5 Å². The zero-order valence-corrected chi connectivity index (χ0v) is 16.5. The summed E-state index contributed by atoms with van der Waals surface area (Å²) in [6.45, 7) is 5.86. The van der Waals surface area contributed by atoms with Crippen molar-refractivity contribution in [2.45, 2.75) is 26.8 Å². The van der Waals surface area contributed by atoms with E-state index in [0.29, 0.717) is 18.1 Å². The number of carbonyl (C=O) groups is 2. The Balaban J connectivity index is 1.90. The normalized spacial score (nSPS) is 12.2. The number of aromatic hydroxyl groups is 1. The first-order valence-corrected chi connectivity index (χ1v) is 9.15. The van der Waals surface area contributed by atoms with Crippen LogP contribution in [0, 0.1) is 5.41 Å². The van der Waals surface area contributed by atoms with Crippen molar-refractivity contribution in [3.05, 3.63) is 66.2 Å². The second-order valence-electron chi connectivity index (χ2n) is 7.67. The summed E-state index contributed by atoms with van der Waals surface area (Å²) in [5, 5.41) is 15.6. The van der Waals surface area contributed by atoms with Gasteiger partial charge in [0.25, 0.3) is 5.91 Å². The molecule has 0 aliphatic carbocycles. The van der Waals surface area contributed by atoms with Crippen LogP contribution in [0.1, 0.15) is 43.1 Å². The van der Waals surface area contributed by atoms with E-state index in [1.165, 1.54) is 12.1 Å². The predicted molar refractivity (Wildman–Crippen MR) is 109 cm³/mol. The molecule has 3 aromatic rings. The number of amides is 2. The maximum atomic E-state index is 12.9. The highest BCUT2D eigenvalue weighted by molar-refractivity contribution is 5.99. The maximum absolute atomic E-state index is 12.9. The Morgan fingerprint density at radius 3 is 2.52 bits per heavy atom. The number of para-hydroxylation sites is 1. The Hall–Kier alpha value is -3.61. The summed E-state index contributed by atoms with van der Waals surface area (Å²) in [6, 6.07) is 13.6. The first kappa shape index (κ1) is 20.1. The molecular formula is C22H23N3O4. The van der Waals surface area contributed by atoms with E-state index in [9.17, 15) is 14.7 Å². The van der Waals surface area contributed by atoms with Crippen LogP contribution in [0.4, 0.5) is 5.69 Å². The maximum Gasteiger partial charge on any atom is 0.255 e. The van der Waals surface area contributed by atoms with Gasteiger partial charge >= 0.3 is 0 Å². The minimum absolute atomic E-state index is 0.0425. The van der Waals surface area contributed by atoms with Gasteiger partial charge < -0.3 is 20.2 Å². The van der Waals surface area contributed by atoms with Gasteiger partial charge in [-0.2, -0.15) is 0 Å². The van der Waals surface area contributed by atoms with Crippen LogP contribution in [0.25, 0.3) is 11.3 Å². The molecule has 7 nitrogen and oxygen atoms in total. The van der Waals surface area contributed by atoms with Crippen LogP contribution in [0.15, 0.2) is 59.1 Å². The first-order chi connectivity index (χ1) is 13.8. The van der Waals surface area contributed by atoms with E-state index in [2.05, 4.69) is 15.6 Å². The molecule has 2 amide bonds. The summed E-state index contributed by atoms with van der Waals surface area (Å²) in [6.07, 6.45) is 2.06. The van der Waals surface area contributed by atoms with Gasteiger partial charge in [-0.1, -0.05) is 57.2 Å². The van der Waals surface area contributed by atoms with Crippen molar-refractivity contribution >= 4 is 18.0 Å². The van der Waals surface area contributed by atoms with Gasteiger partial charge in [0.15, 0.2) is 11.5 Å². The van der Waals surface area contributed by atoms with Crippen LogP contribution in [0.3, 0.4) is 0 Å². The third kappa shape index (κ3) is 4.45. The Kier molecular flexibility index (Phi) is 5.68. The van der Waals surface area contributed by atoms with E-state index in [-0.39, 0.29) is 17.0 Å². The third-order valence-electron chi connectivity index (χ3n) is 4.47. The molecule has 1 aromatic heterocycles. The highest BCUT2D eigenvalue weighted by atomic mass is 16.4. The molecule has 0 saturated carbocycles. The highest BCUT2D eigenvalue weighted by Crippen LogP contribution is 2.35. The van der Waals surface area contributed by atoms with Crippen molar-refractivity contribution < 1.29 is 19.1 Å². The first-order valence-electron chi connectivity index (χ1n) is 9.15. The molecule has 0 radical (unpaired) electrons. The van der Waals surface area contributed by atoms with Crippen LogP contribution >= 0.6 is 0 Å². The molecule has 7 heteroatoms. The average molecular weight is 393 g/mol. The number of hydrogen-bond acceptors (Lipinski definition) is 5. The molecular weight excluding hydrogens is 370 g/mol. The minimum atomic E-state index is -0.547. The average Bonchev–Trinajstić information content (AvgIpc) is 3.17. The number of rotatable bonds is 6. The summed E-state index contributed by atoms with van der Waals surface area (Å²) < 4.78 is 5.94. The molecule has 3 N–H and O–H groups in total. The van der Waals surface area contributed by atoms with E-state index in [4.69, 9.17) is 4.42 Å². The Labute approximate surface area is 168 Å². The second kappa shape index (κ2) is 8.18. The monoisotopic (exact) mass is 393 g/mol. The largest absolute Gasteiger partial charge is 0.505 e. The molecule has 0 aliphatic heterocycles. The van der Waals surface area contributed by atoms with Crippen molar-refractivity contribution in [3.63, 3.8) is 0 Å². The van der Waals surface area contributed by atoms with Gasteiger partial charge in [0, 0.05) is 5.56 Å². The van der Waals surface area contributed by atoms with Gasteiger partial charge in [-0.3, -0.25) is 9.59 Å². The zero-order valence-electron chi connectivity index (χ0n) is 16.5. The number of nitrogens with zero attached hydrogens (tertiary/aromatic N) is 1. The molecule has 29 heavy (non-hydrogen) atoms. The lowest BCUT2D eigenvalue weighted by Gasteiger charge is -2.29. The van der Waals surface area contributed by atoms with Crippen LogP contribution in [0.2, 0.25) is 0 Å². The van der Waals surface area contributed by atoms with E-state index in [0.717, 1.165) is 5.56 Å². The molecule has 0 fully saturated rings. The SMILES string of the molecule is CC(C)(C)C(NC(=O)c1cccc(NC=O)c1O)c1ncc(-c2ccccc2)o1. The topological polar surface area (TPSA) is 104 Å². The Morgan fingerprint density at radius 2 is 1.86 bits per heavy atom. The summed E-state index contributed by atoms with van der Waals surface area (Å²) >= 11 is 0. The molecule has 0 bridgehead atoms. The van der Waals surface area contributed by atoms with Gasteiger partial charge in [-0.15, -0.1) is 0 Å². The van der Waals surface area contributed by atoms with Crippen molar-refractivity contribution in [2.24, 2.45) is 5.41 Å². The van der Waals surface area contributed by atoms with Crippen molar-refractivity contribution in [2.75, 3.05) is 5.32 Å². The summed E-state index contributed by atoms with van der Waals surface area (Å²) in [4.78, 5) is 27.9.